The van der Waals surface area contributed by atoms with Crippen LogP contribution in [0, 0.1) is 27.7 Å². The summed E-state index contributed by atoms with van der Waals surface area (Å²) in [4.78, 5) is 0. The predicted molar refractivity (Wildman–Crippen MR) is 110 cm³/mol. The predicted octanol–water partition coefficient (Wildman–Crippen LogP) is 7.53. The monoisotopic (exact) mass is 380 g/mol. The summed E-state index contributed by atoms with van der Waals surface area (Å²) in [7, 11) is 0. The molecule has 3 aromatic rings. The highest BCUT2D eigenvalue weighted by atomic mass is 19.4. The van der Waals surface area contributed by atoms with E-state index in [0.717, 1.165) is 51.1 Å². The molecule has 0 radical (unpaired) electrons. The lowest BCUT2D eigenvalue weighted by Gasteiger charge is -2.16. The molecular formula is C25H23F3. The Balaban J connectivity index is 2.17. The van der Waals surface area contributed by atoms with E-state index in [2.05, 4.69) is 57.2 Å². The third kappa shape index (κ3) is 4.36. The first-order valence-electron chi connectivity index (χ1n) is 9.19. The van der Waals surface area contributed by atoms with Gasteiger partial charge >= 0.3 is 6.18 Å². The van der Waals surface area contributed by atoms with E-state index in [1.165, 1.54) is 17.7 Å². The lowest BCUT2D eigenvalue weighted by molar-refractivity contribution is -0.137. The van der Waals surface area contributed by atoms with Gasteiger partial charge in [-0.25, -0.2) is 0 Å². The molecule has 0 aromatic heterocycles. The molecular weight excluding hydrogens is 357 g/mol. The van der Waals surface area contributed by atoms with Crippen LogP contribution in [0.2, 0.25) is 0 Å². The minimum absolute atomic E-state index is 0.635. The summed E-state index contributed by atoms with van der Waals surface area (Å²) in [5.74, 6) is 0. The largest absolute Gasteiger partial charge is 0.416 e. The van der Waals surface area contributed by atoms with Crippen LogP contribution in [0.1, 0.15) is 44.5 Å². The van der Waals surface area contributed by atoms with E-state index in [0.29, 0.717) is 0 Å². The molecule has 0 atom stereocenters. The second kappa shape index (κ2) is 7.67. The van der Waals surface area contributed by atoms with Gasteiger partial charge in [0.15, 0.2) is 0 Å². The minimum Gasteiger partial charge on any atom is -0.166 e. The minimum atomic E-state index is -4.33. The number of alkyl halides is 3. The van der Waals surface area contributed by atoms with E-state index in [1.807, 2.05) is 13.0 Å². The molecule has 3 rings (SSSR count). The molecule has 28 heavy (non-hydrogen) atoms. The molecule has 0 unspecified atom stereocenters. The number of hydrogen-bond acceptors (Lipinski definition) is 0. The fourth-order valence-corrected chi connectivity index (χ4v) is 3.57. The average molecular weight is 380 g/mol. The first kappa shape index (κ1) is 19.9. The quantitative estimate of drug-likeness (QED) is 0.412. The standard InChI is InChI=1S/C25H23F3/c1-16-5-9-21(10-6-16)23(24-18(3)13-17(2)14-19(24)4)15-20-7-11-22(12-8-20)25(26,27)28/h5-15H,1-4H3/b23-15-. The third-order valence-electron chi connectivity index (χ3n) is 4.86. The Labute approximate surface area is 164 Å². The maximum absolute atomic E-state index is 12.9. The molecule has 0 aliphatic carbocycles. The van der Waals surface area contributed by atoms with Gasteiger partial charge in [-0.2, -0.15) is 13.2 Å². The Morgan fingerprint density at radius 2 is 1.25 bits per heavy atom. The zero-order valence-corrected chi connectivity index (χ0v) is 16.5. The van der Waals surface area contributed by atoms with Gasteiger partial charge in [0.05, 0.1) is 5.56 Å². The van der Waals surface area contributed by atoms with Gasteiger partial charge in [-0.3, -0.25) is 0 Å². The zero-order valence-electron chi connectivity index (χ0n) is 16.5. The van der Waals surface area contributed by atoms with Crippen LogP contribution in [0.15, 0.2) is 60.7 Å². The van der Waals surface area contributed by atoms with E-state index < -0.39 is 11.7 Å². The summed E-state index contributed by atoms with van der Waals surface area (Å²) >= 11 is 0. The highest BCUT2D eigenvalue weighted by molar-refractivity contribution is 5.93. The lowest BCUT2D eigenvalue weighted by Crippen LogP contribution is -2.04. The van der Waals surface area contributed by atoms with Crippen molar-refractivity contribution >= 4 is 11.6 Å². The molecule has 0 amide bonds. The van der Waals surface area contributed by atoms with Crippen molar-refractivity contribution in [1.82, 2.24) is 0 Å². The Hall–Kier alpha value is -2.81. The first-order valence-corrected chi connectivity index (χ1v) is 9.19. The van der Waals surface area contributed by atoms with Crippen molar-refractivity contribution in [2.75, 3.05) is 0 Å². The third-order valence-corrected chi connectivity index (χ3v) is 4.86. The molecule has 0 saturated heterocycles. The number of benzene rings is 3. The van der Waals surface area contributed by atoms with Crippen molar-refractivity contribution in [3.05, 3.63) is 105 Å². The van der Waals surface area contributed by atoms with Crippen molar-refractivity contribution in [2.45, 2.75) is 33.9 Å². The highest BCUT2D eigenvalue weighted by Crippen LogP contribution is 2.33. The van der Waals surface area contributed by atoms with E-state index in [9.17, 15) is 13.2 Å². The van der Waals surface area contributed by atoms with Crippen LogP contribution in [-0.4, -0.2) is 0 Å². The van der Waals surface area contributed by atoms with Crippen molar-refractivity contribution in [3.8, 4) is 0 Å². The number of halogens is 3. The lowest BCUT2D eigenvalue weighted by atomic mass is 9.88. The molecule has 144 valence electrons. The van der Waals surface area contributed by atoms with Gasteiger partial charge < -0.3 is 0 Å². The Morgan fingerprint density at radius 1 is 0.714 bits per heavy atom. The summed E-state index contributed by atoms with van der Waals surface area (Å²) in [6.07, 6.45) is -2.36. The molecule has 0 nitrogen and oxygen atoms in total. The maximum atomic E-state index is 12.9. The van der Waals surface area contributed by atoms with E-state index in [1.54, 1.807) is 0 Å². The summed E-state index contributed by atoms with van der Waals surface area (Å²) in [5, 5.41) is 0. The fourth-order valence-electron chi connectivity index (χ4n) is 3.57. The van der Waals surface area contributed by atoms with Gasteiger partial charge in [0.2, 0.25) is 0 Å². The van der Waals surface area contributed by atoms with Gasteiger partial charge in [-0.05, 0) is 79.3 Å². The fraction of sp³-hybridized carbons (Fsp3) is 0.200. The summed E-state index contributed by atoms with van der Waals surface area (Å²) in [6.45, 7) is 8.24. The van der Waals surface area contributed by atoms with Gasteiger partial charge in [0, 0.05) is 0 Å². The van der Waals surface area contributed by atoms with Crippen LogP contribution in [0.3, 0.4) is 0 Å². The molecule has 3 heteroatoms. The summed E-state index contributed by atoms with van der Waals surface area (Å²) < 4.78 is 38.6. The van der Waals surface area contributed by atoms with Crippen LogP contribution >= 0.6 is 0 Å². The smallest absolute Gasteiger partial charge is 0.166 e. The summed E-state index contributed by atoms with van der Waals surface area (Å²) in [6, 6.07) is 17.8. The first-order chi connectivity index (χ1) is 13.1. The Bertz CT molecular complexity index is 982. The molecule has 0 aliphatic rings. The second-order valence-corrected chi connectivity index (χ2v) is 7.32. The van der Waals surface area contributed by atoms with E-state index >= 15 is 0 Å². The van der Waals surface area contributed by atoms with Gasteiger partial charge in [-0.1, -0.05) is 59.7 Å². The van der Waals surface area contributed by atoms with Crippen LogP contribution in [0.5, 0.6) is 0 Å². The topological polar surface area (TPSA) is 0 Å². The van der Waals surface area contributed by atoms with Crippen molar-refractivity contribution in [2.24, 2.45) is 0 Å². The molecule has 0 heterocycles. The zero-order chi connectivity index (χ0) is 20.5. The van der Waals surface area contributed by atoms with Crippen LogP contribution in [0.4, 0.5) is 13.2 Å². The van der Waals surface area contributed by atoms with Gasteiger partial charge in [-0.15, -0.1) is 0 Å². The van der Waals surface area contributed by atoms with E-state index in [4.69, 9.17) is 0 Å². The Morgan fingerprint density at radius 3 is 1.75 bits per heavy atom. The molecule has 3 aromatic carbocycles. The number of aryl methyl sites for hydroxylation is 4. The Kier molecular flexibility index (Phi) is 5.46. The summed E-state index contributed by atoms with van der Waals surface area (Å²) in [5.41, 5.74) is 7.93. The van der Waals surface area contributed by atoms with Crippen molar-refractivity contribution < 1.29 is 13.2 Å². The molecule has 0 bridgehead atoms. The molecule has 0 N–H and O–H groups in total. The molecule has 0 aliphatic heterocycles. The van der Waals surface area contributed by atoms with Crippen LogP contribution in [0.25, 0.3) is 11.6 Å². The number of hydrogen-bond donors (Lipinski definition) is 0. The van der Waals surface area contributed by atoms with Crippen LogP contribution in [-0.2, 0) is 6.18 Å². The number of rotatable bonds is 3. The normalized spacial score (nSPS) is 12.3. The van der Waals surface area contributed by atoms with Crippen molar-refractivity contribution in [3.63, 3.8) is 0 Å². The SMILES string of the molecule is Cc1ccc(/C(=C/c2ccc(C(F)(F)F)cc2)c2c(C)cc(C)cc2C)cc1. The van der Waals surface area contributed by atoms with Gasteiger partial charge in [0.25, 0.3) is 0 Å². The molecule has 0 saturated carbocycles. The highest BCUT2D eigenvalue weighted by Gasteiger charge is 2.29. The van der Waals surface area contributed by atoms with E-state index in [-0.39, 0.29) is 0 Å². The van der Waals surface area contributed by atoms with Crippen molar-refractivity contribution in [1.29, 1.82) is 0 Å². The van der Waals surface area contributed by atoms with Gasteiger partial charge in [0.1, 0.15) is 0 Å². The second-order valence-electron chi connectivity index (χ2n) is 7.32. The maximum Gasteiger partial charge on any atom is 0.416 e. The molecule has 0 spiro atoms. The molecule has 0 fully saturated rings. The van der Waals surface area contributed by atoms with Crippen LogP contribution < -0.4 is 0 Å². The average Bonchev–Trinajstić information content (AvgIpc) is 2.60.